The van der Waals surface area contributed by atoms with Gasteiger partial charge in [-0.05, 0) is 32.0 Å². The molecule has 0 bridgehead atoms. The quantitative estimate of drug-likeness (QED) is 0.486. The summed E-state index contributed by atoms with van der Waals surface area (Å²) in [5.74, 6) is -1.15. The van der Waals surface area contributed by atoms with Crippen molar-refractivity contribution < 1.29 is 19.4 Å². The number of rotatable bonds is 8. The molecule has 4 N–H and O–H groups in total. The van der Waals surface area contributed by atoms with Gasteiger partial charge in [-0.25, -0.2) is 0 Å². The molecule has 7 heteroatoms. The molecule has 0 saturated carbocycles. The molecule has 1 aliphatic carbocycles. The zero-order valence-corrected chi connectivity index (χ0v) is 15.1. The second kappa shape index (κ2) is 7.84. The number of fused-ring (bicyclic) bond motifs is 1. The highest BCUT2D eigenvalue weighted by Crippen LogP contribution is 2.41. The molecule has 138 valence electrons. The molecule has 5 unspecified atom stereocenters. The van der Waals surface area contributed by atoms with Crippen molar-refractivity contribution in [3.63, 3.8) is 0 Å². The average molecular weight is 349 g/mol. The average Bonchev–Trinajstić information content (AvgIpc) is 2.86. The van der Waals surface area contributed by atoms with Crippen LogP contribution in [0.25, 0.3) is 0 Å². The Morgan fingerprint density at radius 2 is 2.16 bits per heavy atom. The maximum absolute atomic E-state index is 11.8. The highest BCUT2D eigenvalue weighted by Gasteiger charge is 2.41. The number of carbonyl (C=O) groups is 2. The molecule has 5 atom stereocenters. The van der Waals surface area contributed by atoms with Crippen molar-refractivity contribution in [2.75, 3.05) is 7.11 Å². The van der Waals surface area contributed by atoms with Crippen LogP contribution in [0.15, 0.2) is 36.1 Å². The fraction of sp³-hybridized carbons (Fsp3) is 0.556. The van der Waals surface area contributed by atoms with Crippen LogP contribution in [0.4, 0.5) is 0 Å². The predicted octanol–water partition coefficient (Wildman–Crippen LogP) is 0.904. The van der Waals surface area contributed by atoms with E-state index < -0.39 is 18.2 Å². The summed E-state index contributed by atoms with van der Waals surface area (Å²) in [6, 6.07) is -1.05. The largest absolute Gasteiger partial charge is 0.480 e. The Morgan fingerprint density at radius 1 is 1.44 bits per heavy atom. The van der Waals surface area contributed by atoms with Crippen molar-refractivity contribution in [3.05, 3.63) is 36.1 Å². The summed E-state index contributed by atoms with van der Waals surface area (Å²) in [6.45, 7) is 5.27. The monoisotopic (exact) mass is 349 g/mol. The molecule has 2 rings (SSSR count). The van der Waals surface area contributed by atoms with Crippen LogP contribution >= 0.6 is 0 Å². The van der Waals surface area contributed by atoms with Crippen molar-refractivity contribution >= 4 is 11.9 Å². The van der Waals surface area contributed by atoms with E-state index in [0.29, 0.717) is 6.42 Å². The smallest absolute Gasteiger partial charge is 0.321 e. The predicted molar refractivity (Wildman–Crippen MR) is 94.6 cm³/mol. The van der Waals surface area contributed by atoms with E-state index in [1.54, 1.807) is 6.92 Å². The van der Waals surface area contributed by atoms with Gasteiger partial charge >= 0.3 is 5.97 Å². The molecule has 1 heterocycles. The Kier molecular flexibility index (Phi) is 6.02. The molecule has 0 saturated heterocycles. The first-order valence-electron chi connectivity index (χ1n) is 8.38. The molecule has 7 nitrogen and oxygen atoms in total. The molecule has 2 aliphatic rings. The highest BCUT2D eigenvalue weighted by atomic mass is 16.5. The Hall–Kier alpha value is -2.12. The van der Waals surface area contributed by atoms with Crippen LogP contribution in [-0.4, -0.2) is 48.4 Å². The molecule has 0 aromatic carbocycles. The topological polar surface area (TPSA) is 99.7 Å². The zero-order valence-electron chi connectivity index (χ0n) is 15.1. The summed E-state index contributed by atoms with van der Waals surface area (Å²) in [6.07, 6.45) is 9.77. The van der Waals surface area contributed by atoms with Crippen LogP contribution < -0.4 is 16.0 Å². The van der Waals surface area contributed by atoms with Gasteiger partial charge in [-0.2, -0.15) is 0 Å². The Bertz CT molecular complexity index is 613. The fourth-order valence-corrected chi connectivity index (χ4v) is 3.34. The molecule has 1 amide bonds. The van der Waals surface area contributed by atoms with Gasteiger partial charge in [-0.3, -0.25) is 14.9 Å². The van der Waals surface area contributed by atoms with E-state index in [1.807, 2.05) is 18.4 Å². The minimum absolute atomic E-state index is 0.137. The third kappa shape index (κ3) is 4.29. The SMILES string of the molecule is COC(NC(CC1=CNC2C=CC=CC12C)C(=O)O)C(C)NC(C)=O. The van der Waals surface area contributed by atoms with Crippen molar-refractivity contribution in [2.24, 2.45) is 5.41 Å². The third-order valence-corrected chi connectivity index (χ3v) is 4.86. The van der Waals surface area contributed by atoms with E-state index in [-0.39, 0.29) is 23.4 Å². The zero-order chi connectivity index (χ0) is 18.6. The summed E-state index contributed by atoms with van der Waals surface area (Å²) in [5.41, 5.74) is 0.774. The number of carbonyl (C=O) groups excluding carboxylic acids is 1. The molecule has 0 radical (unpaired) electrons. The van der Waals surface area contributed by atoms with E-state index in [1.165, 1.54) is 14.0 Å². The van der Waals surface area contributed by atoms with Gasteiger partial charge in [0.1, 0.15) is 12.3 Å². The van der Waals surface area contributed by atoms with E-state index in [4.69, 9.17) is 4.74 Å². The van der Waals surface area contributed by atoms with E-state index in [0.717, 1.165) is 5.57 Å². The Labute approximate surface area is 148 Å². The van der Waals surface area contributed by atoms with Crippen LogP contribution in [-0.2, 0) is 14.3 Å². The Morgan fingerprint density at radius 3 is 2.76 bits per heavy atom. The number of allylic oxidation sites excluding steroid dienone is 2. The lowest BCUT2D eigenvalue weighted by Crippen LogP contribution is -2.54. The first-order valence-corrected chi connectivity index (χ1v) is 8.38. The maximum Gasteiger partial charge on any atom is 0.321 e. The molecule has 1 aliphatic heterocycles. The molecule has 25 heavy (non-hydrogen) atoms. The summed E-state index contributed by atoms with van der Waals surface area (Å²) in [5, 5.41) is 18.7. The number of carboxylic acid groups (broad SMARTS) is 1. The van der Waals surface area contributed by atoms with Crippen molar-refractivity contribution in [1.29, 1.82) is 0 Å². The van der Waals surface area contributed by atoms with Gasteiger partial charge in [0.15, 0.2) is 0 Å². The number of amides is 1. The second-order valence-electron chi connectivity index (χ2n) is 6.75. The standard InChI is InChI=1S/C18H27N3O4/c1-11(20-12(2)22)16(25-4)21-14(17(23)24)9-13-10-19-15-7-5-6-8-18(13,15)3/h5-8,10-11,14-16,19,21H,9H2,1-4H3,(H,20,22)(H,23,24). The number of hydrogen-bond acceptors (Lipinski definition) is 5. The molecule has 0 fully saturated rings. The first kappa shape index (κ1) is 19.2. The number of ether oxygens (including phenoxy) is 1. The number of aliphatic carboxylic acids is 1. The summed E-state index contributed by atoms with van der Waals surface area (Å²) in [7, 11) is 1.48. The summed E-state index contributed by atoms with van der Waals surface area (Å²) in [4.78, 5) is 23.0. The minimum Gasteiger partial charge on any atom is -0.480 e. The lowest BCUT2D eigenvalue weighted by Gasteiger charge is -2.33. The van der Waals surface area contributed by atoms with E-state index in [9.17, 15) is 14.7 Å². The number of methoxy groups -OCH3 is 1. The molecule has 0 aromatic rings. The number of nitrogens with one attached hydrogen (secondary N) is 3. The normalized spacial score (nSPS) is 27.7. The number of hydrogen-bond donors (Lipinski definition) is 4. The van der Waals surface area contributed by atoms with Gasteiger partial charge in [-0.1, -0.05) is 24.3 Å². The van der Waals surface area contributed by atoms with Gasteiger partial charge < -0.3 is 20.5 Å². The molecule has 0 aromatic heterocycles. The van der Waals surface area contributed by atoms with Crippen LogP contribution in [0.1, 0.15) is 27.2 Å². The first-order chi connectivity index (χ1) is 11.8. The minimum atomic E-state index is -0.958. The van der Waals surface area contributed by atoms with Crippen molar-refractivity contribution in [3.8, 4) is 0 Å². The van der Waals surface area contributed by atoms with E-state index >= 15 is 0 Å². The summed E-state index contributed by atoms with van der Waals surface area (Å²) < 4.78 is 5.34. The van der Waals surface area contributed by atoms with Gasteiger partial charge in [0.25, 0.3) is 0 Å². The van der Waals surface area contributed by atoms with Crippen LogP contribution in [0.5, 0.6) is 0 Å². The molecular formula is C18H27N3O4. The van der Waals surface area contributed by atoms with Crippen LogP contribution in [0.2, 0.25) is 0 Å². The summed E-state index contributed by atoms with van der Waals surface area (Å²) >= 11 is 0. The fourth-order valence-electron chi connectivity index (χ4n) is 3.34. The van der Waals surface area contributed by atoms with Crippen molar-refractivity contribution in [2.45, 2.75) is 51.5 Å². The van der Waals surface area contributed by atoms with Crippen molar-refractivity contribution in [1.82, 2.24) is 16.0 Å². The Balaban J connectivity index is 2.08. The van der Waals surface area contributed by atoms with Gasteiger partial charge in [0, 0.05) is 19.4 Å². The molecule has 0 spiro atoms. The highest BCUT2D eigenvalue weighted by molar-refractivity contribution is 5.74. The third-order valence-electron chi connectivity index (χ3n) is 4.86. The number of carboxylic acids is 1. The lowest BCUT2D eigenvalue weighted by atomic mass is 9.74. The van der Waals surface area contributed by atoms with Gasteiger partial charge in [0.2, 0.25) is 5.91 Å². The lowest BCUT2D eigenvalue weighted by molar-refractivity contribution is -0.141. The van der Waals surface area contributed by atoms with Gasteiger partial charge in [0.05, 0.1) is 12.1 Å². The maximum atomic E-state index is 11.8. The van der Waals surface area contributed by atoms with Gasteiger partial charge in [-0.15, -0.1) is 0 Å². The van der Waals surface area contributed by atoms with Crippen LogP contribution in [0.3, 0.4) is 0 Å². The van der Waals surface area contributed by atoms with E-state index in [2.05, 4.69) is 35.0 Å². The molecular weight excluding hydrogens is 322 g/mol. The van der Waals surface area contributed by atoms with Crippen LogP contribution in [0, 0.1) is 5.41 Å². The second-order valence-corrected chi connectivity index (χ2v) is 6.75.